The van der Waals surface area contributed by atoms with E-state index in [0.29, 0.717) is 15.3 Å². The quantitative estimate of drug-likeness (QED) is 0.788. The lowest BCUT2D eigenvalue weighted by atomic mass is 10.2. The number of nitriles is 1. The number of H-pyrrole nitrogens is 1. The molecule has 64 valence electrons. The summed E-state index contributed by atoms with van der Waals surface area (Å²) in [6.07, 6.45) is 0. The second-order valence-corrected chi connectivity index (χ2v) is 3.65. The van der Waals surface area contributed by atoms with Crippen LogP contribution in [0.15, 0.2) is 16.9 Å². The summed E-state index contributed by atoms with van der Waals surface area (Å²) in [5, 5.41) is 9.14. The molecule has 0 amide bonds. The molecular weight excluding hydrogens is 253 g/mol. The number of aromatic nitrogens is 2. The number of hydrogen-bond acceptors (Lipinski definition) is 2. The predicted molar refractivity (Wildman–Crippen MR) is 53.5 cm³/mol. The Morgan fingerprint density at radius 2 is 2.31 bits per heavy atom. The van der Waals surface area contributed by atoms with Gasteiger partial charge in [-0.15, -0.1) is 0 Å². The highest BCUT2D eigenvalue weighted by molar-refractivity contribution is 9.10. The molecule has 0 radical (unpaired) electrons. The number of fused-ring (bicyclic) bond motifs is 1. The minimum absolute atomic E-state index is 0.436. The van der Waals surface area contributed by atoms with Crippen molar-refractivity contribution in [3.8, 4) is 6.07 Å². The zero-order valence-corrected chi connectivity index (χ0v) is 8.65. The summed E-state index contributed by atoms with van der Waals surface area (Å²) in [4.78, 5) is 7.08. The number of imidazole rings is 1. The standard InChI is InChI=1S/C8H3BrClN3/c9-8-12-6-1-4(3-11)5(10)2-7(6)13-8/h1-2H,(H,12,13). The molecule has 5 heteroatoms. The van der Waals surface area contributed by atoms with Crippen molar-refractivity contribution < 1.29 is 0 Å². The Morgan fingerprint density at radius 1 is 1.54 bits per heavy atom. The molecule has 0 aliphatic heterocycles. The summed E-state index contributed by atoms with van der Waals surface area (Å²) in [6.45, 7) is 0. The fourth-order valence-corrected chi connectivity index (χ4v) is 1.70. The smallest absolute Gasteiger partial charge is 0.175 e. The molecule has 0 spiro atoms. The zero-order chi connectivity index (χ0) is 9.42. The SMILES string of the molecule is N#Cc1cc2nc(Br)[nH]c2cc1Cl. The van der Waals surface area contributed by atoms with E-state index in [9.17, 15) is 0 Å². The van der Waals surface area contributed by atoms with Crippen molar-refractivity contribution in [2.75, 3.05) is 0 Å². The summed E-state index contributed by atoms with van der Waals surface area (Å²) in [7, 11) is 0. The number of nitrogens with zero attached hydrogens (tertiary/aromatic N) is 2. The van der Waals surface area contributed by atoms with E-state index in [-0.39, 0.29) is 0 Å². The first kappa shape index (κ1) is 8.54. The summed E-state index contributed by atoms with van der Waals surface area (Å²) in [6, 6.07) is 5.33. The van der Waals surface area contributed by atoms with Gasteiger partial charge < -0.3 is 4.98 Å². The monoisotopic (exact) mass is 255 g/mol. The van der Waals surface area contributed by atoms with Gasteiger partial charge in [0.15, 0.2) is 4.73 Å². The van der Waals surface area contributed by atoms with Crippen LogP contribution in [-0.4, -0.2) is 9.97 Å². The van der Waals surface area contributed by atoms with Crippen molar-refractivity contribution in [2.24, 2.45) is 0 Å². The maximum Gasteiger partial charge on any atom is 0.175 e. The Balaban J connectivity index is 2.82. The second-order valence-electron chi connectivity index (χ2n) is 2.49. The minimum Gasteiger partial charge on any atom is -0.332 e. The number of benzene rings is 1. The topological polar surface area (TPSA) is 52.5 Å². The molecule has 0 unspecified atom stereocenters. The van der Waals surface area contributed by atoms with Gasteiger partial charge in [-0.3, -0.25) is 0 Å². The Bertz CT molecular complexity index is 512. The van der Waals surface area contributed by atoms with Crippen LogP contribution in [0.2, 0.25) is 5.02 Å². The van der Waals surface area contributed by atoms with Gasteiger partial charge in [-0.2, -0.15) is 5.26 Å². The van der Waals surface area contributed by atoms with Crippen LogP contribution in [0.1, 0.15) is 5.56 Å². The van der Waals surface area contributed by atoms with Gasteiger partial charge in [-0.1, -0.05) is 11.6 Å². The summed E-state index contributed by atoms with van der Waals surface area (Å²) in [5.41, 5.74) is 1.98. The van der Waals surface area contributed by atoms with Crippen LogP contribution in [0.4, 0.5) is 0 Å². The lowest BCUT2D eigenvalue weighted by Gasteiger charge is -1.92. The van der Waals surface area contributed by atoms with Crippen LogP contribution in [0, 0.1) is 11.3 Å². The van der Waals surface area contributed by atoms with Gasteiger partial charge in [0, 0.05) is 0 Å². The van der Waals surface area contributed by atoms with E-state index < -0.39 is 0 Å². The Morgan fingerprint density at radius 3 is 3.00 bits per heavy atom. The zero-order valence-electron chi connectivity index (χ0n) is 6.31. The number of halogens is 2. The van der Waals surface area contributed by atoms with Crippen LogP contribution in [0.5, 0.6) is 0 Å². The molecule has 1 N–H and O–H groups in total. The fourth-order valence-electron chi connectivity index (χ4n) is 1.08. The maximum absolute atomic E-state index is 8.70. The minimum atomic E-state index is 0.436. The first-order valence-corrected chi connectivity index (χ1v) is 4.62. The summed E-state index contributed by atoms with van der Waals surface area (Å²) < 4.78 is 0.633. The molecule has 13 heavy (non-hydrogen) atoms. The summed E-state index contributed by atoms with van der Waals surface area (Å²) in [5.74, 6) is 0. The van der Waals surface area contributed by atoms with E-state index in [0.717, 1.165) is 11.0 Å². The molecule has 0 aliphatic carbocycles. The molecule has 1 aromatic carbocycles. The molecule has 0 fully saturated rings. The Hall–Kier alpha value is -1.05. The van der Waals surface area contributed by atoms with Gasteiger partial charge in [0.2, 0.25) is 0 Å². The highest BCUT2D eigenvalue weighted by Crippen LogP contribution is 2.23. The van der Waals surface area contributed by atoms with Gasteiger partial charge in [-0.05, 0) is 28.1 Å². The number of rotatable bonds is 0. The van der Waals surface area contributed by atoms with E-state index in [2.05, 4.69) is 25.9 Å². The van der Waals surface area contributed by atoms with Crippen LogP contribution in [-0.2, 0) is 0 Å². The second kappa shape index (κ2) is 3.02. The molecule has 3 nitrogen and oxygen atoms in total. The molecule has 1 aromatic heterocycles. The summed E-state index contributed by atoms with van der Waals surface area (Å²) >= 11 is 9.03. The third-order valence-corrected chi connectivity index (χ3v) is 2.35. The molecule has 0 bridgehead atoms. The third kappa shape index (κ3) is 1.41. The molecule has 0 atom stereocenters. The average molecular weight is 256 g/mol. The van der Waals surface area contributed by atoms with Gasteiger partial charge >= 0.3 is 0 Å². The molecule has 2 rings (SSSR count). The van der Waals surface area contributed by atoms with Crippen molar-refractivity contribution in [3.05, 3.63) is 27.5 Å². The van der Waals surface area contributed by atoms with Crippen molar-refractivity contribution >= 4 is 38.6 Å². The van der Waals surface area contributed by atoms with Gasteiger partial charge in [0.05, 0.1) is 21.6 Å². The Kier molecular flexibility index (Phi) is 1.98. The normalized spacial score (nSPS) is 10.2. The predicted octanol–water partition coefficient (Wildman–Crippen LogP) is 2.85. The lowest BCUT2D eigenvalue weighted by molar-refractivity contribution is 1.27. The highest BCUT2D eigenvalue weighted by atomic mass is 79.9. The highest BCUT2D eigenvalue weighted by Gasteiger charge is 2.05. The molecule has 2 aromatic rings. The molecule has 0 saturated carbocycles. The first-order valence-electron chi connectivity index (χ1n) is 3.45. The number of nitrogens with one attached hydrogen (secondary N) is 1. The third-order valence-electron chi connectivity index (χ3n) is 1.66. The maximum atomic E-state index is 8.70. The van der Waals surface area contributed by atoms with E-state index >= 15 is 0 Å². The molecule has 0 aliphatic rings. The van der Waals surface area contributed by atoms with Crippen LogP contribution in [0.3, 0.4) is 0 Å². The van der Waals surface area contributed by atoms with Gasteiger partial charge in [0.1, 0.15) is 6.07 Å². The average Bonchev–Trinajstić information content (AvgIpc) is 2.42. The first-order chi connectivity index (χ1) is 6.20. The molecule has 0 saturated heterocycles. The van der Waals surface area contributed by atoms with Crippen LogP contribution in [0.25, 0.3) is 11.0 Å². The Labute approximate surface area is 87.5 Å². The van der Waals surface area contributed by atoms with Crippen LogP contribution < -0.4 is 0 Å². The largest absolute Gasteiger partial charge is 0.332 e. The van der Waals surface area contributed by atoms with E-state index in [1.807, 2.05) is 6.07 Å². The van der Waals surface area contributed by atoms with Crippen molar-refractivity contribution in [1.29, 1.82) is 5.26 Å². The molecular formula is C8H3BrClN3. The van der Waals surface area contributed by atoms with Gasteiger partial charge in [-0.25, -0.2) is 4.98 Å². The number of hydrogen-bond donors (Lipinski definition) is 1. The lowest BCUT2D eigenvalue weighted by Crippen LogP contribution is -1.77. The van der Waals surface area contributed by atoms with E-state index in [1.54, 1.807) is 12.1 Å². The van der Waals surface area contributed by atoms with Crippen LogP contribution >= 0.6 is 27.5 Å². The van der Waals surface area contributed by atoms with Gasteiger partial charge in [0.25, 0.3) is 0 Å². The number of aromatic amines is 1. The molecule has 1 heterocycles. The van der Waals surface area contributed by atoms with E-state index in [4.69, 9.17) is 16.9 Å². The van der Waals surface area contributed by atoms with Crippen molar-refractivity contribution in [1.82, 2.24) is 9.97 Å². The van der Waals surface area contributed by atoms with Crippen molar-refractivity contribution in [3.63, 3.8) is 0 Å². The fraction of sp³-hybridized carbons (Fsp3) is 0. The van der Waals surface area contributed by atoms with Crippen molar-refractivity contribution in [2.45, 2.75) is 0 Å². The van der Waals surface area contributed by atoms with E-state index in [1.165, 1.54) is 0 Å².